The highest BCUT2D eigenvalue weighted by Gasteiger charge is 2.39. The minimum absolute atomic E-state index is 0.0866. The summed E-state index contributed by atoms with van der Waals surface area (Å²) in [5, 5.41) is 9.83. The van der Waals surface area contributed by atoms with Crippen molar-refractivity contribution in [2.75, 3.05) is 7.11 Å². The highest BCUT2D eigenvalue weighted by molar-refractivity contribution is 6.31. The van der Waals surface area contributed by atoms with Gasteiger partial charge in [0.05, 0.1) is 19.6 Å². The van der Waals surface area contributed by atoms with E-state index in [0.717, 1.165) is 5.56 Å². The summed E-state index contributed by atoms with van der Waals surface area (Å²) in [7, 11) is 1.54. The molecule has 0 bridgehead atoms. The Kier molecular flexibility index (Phi) is 5.47. The van der Waals surface area contributed by atoms with Gasteiger partial charge in [-0.25, -0.2) is 0 Å². The maximum Gasteiger partial charge on any atom is 0.305 e. The number of carbonyl (C=O) groups is 2. The van der Waals surface area contributed by atoms with E-state index in [1.54, 1.807) is 42.3 Å². The van der Waals surface area contributed by atoms with Gasteiger partial charge in [-0.1, -0.05) is 35.9 Å². The molecule has 1 aliphatic rings. The summed E-state index contributed by atoms with van der Waals surface area (Å²) < 4.78 is 5.20. The van der Waals surface area contributed by atoms with Crippen molar-refractivity contribution in [2.45, 2.75) is 31.3 Å². The standard InChI is InChI=1S/C20H20ClNO4/c1-26-15-6-4-5-13(11-15)20(25)22-14(12-19(23)24)9-10-18(22)16-7-2-3-8-17(16)21/h2-8,11,14,18H,9-10,12H2,1H3,(H,23,24)/t14-,18+/m0/s1. The quantitative estimate of drug-likeness (QED) is 0.854. The SMILES string of the molecule is COc1cccc(C(=O)N2[C@H](CC(=O)O)CC[C@@H]2c2ccccc2Cl)c1. The van der Waals surface area contributed by atoms with E-state index in [4.69, 9.17) is 16.3 Å². The minimum Gasteiger partial charge on any atom is -0.497 e. The van der Waals surface area contributed by atoms with Gasteiger partial charge in [0, 0.05) is 16.6 Å². The van der Waals surface area contributed by atoms with Crippen LogP contribution in [-0.2, 0) is 4.79 Å². The van der Waals surface area contributed by atoms with E-state index in [1.165, 1.54) is 0 Å². The topological polar surface area (TPSA) is 66.8 Å². The van der Waals surface area contributed by atoms with Crippen molar-refractivity contribution in [1.82, 2.24) is 4.90 Å². The summed E-state index contributed by atoms with van der Waals surface area (Å²) in [4.78, 5) is 26.2. The number of hydrogen-bond donors (Lipinski definition) is 1. The van der Waals surface area contributed by atoms with E-state index in [2.05, 4.69) is 0 Å². The van der Waals surface area contributed by atoms with Crippen LogP contribution in [0.3, 0.4) is 0 Å². The molecule has 1 amide bonds. The zero-order valence-corrected chi connectivity index (χ0v) is 15.1. The van der Waals surface area contributed by atoms with Gasteiger partial charge in [0.1, 0.15) is 5.75 Å². The van der Waals surface area contributed by atoms with Crippen LogP contribution < -0.4 is 4.74 Å². The van der Waals surface area contributed by atoms with Gasteiger partial charge in [0.2, 0.25) is 0 Å². The van der Waals surface area contributed by atoms with Gasteiger partial charge >= 0.3 is 5.97 Å². The number of halogens is 1. The lowest BCUT2D eigenvalue weighted by atomic mass is 10.0. The van der Waals surface area contributed by atoms with Crippen molar-refractivity contribution in [1.29, 1.82) is 0 Å². The molecule has 0 radical (unpaired) electrons. The van der Waals surface area contributed by atoms with Crippen LogP contribution in [0.5, 0.6) is 5.75 Å². The molecule has 0 aliphatic carbocycles. The number of rotatable bonds is 5. The number of carboxylic acid groups (broad SMARTS) is 1. The molecule has 1 saturated heterocycles. The zero-order valence-electron chi connectivity index (χ0n) is 14.4. The average Bonchev–Trinajstić information content (AvgIpc) is 3.04. The molecule has 26 heavy (non-hydrogen) atoms. The summed E-state index contributed by atoms with van der Waals surface area (Å²) >= 11 is 6.35. The third kappa shape index (κ3) is 3.68. The minimum atomic E-state index is -0.918. The van der Waals surface area contributed by atoms with Crippen LogP contribution in [0.4, 0.5) is 0 Å². The number of methoxy groups -OCH3 is 1. The first-order chi connectivity index (χ1) is 12.5. The van der Waals surface area contributed by atoms with E-state index in [0.29, 0.717) is 29.2 Å². The van der Waals surface area contributed by atoms with Crippen molar-refractivity contribution in [3.63, 3.8) is 0 Å². The Morgan fingerprint density at radius 3 is 2.65 bits per heavy atom. The van der Waals surface area contributed by atoms with Crippen LogP contribution >= 0.6 is 11.6 Å². The number of carbonyl (C=O) groups excluding carboxylic acids is 1. The molecule has 2 atom stereocenters. The molecule has 2 aromatic rings. The number of amides is 1. The van der Waals surface area contributed by atoms with Gasteiger partial charge in [-0.05, 0) is 42.7 Å². The maximum atomic E-state index is 13.2. The second-order valence-corrected chi connectivity index (χ2v) is 6.72. The van der Waals surface area contributed by atoms with Gasteiger partial charge in [-0.3, -0.25) is 9.59 Å². The summed E-state index contributed by atoms with van der Waals surface area (Å²) in [6.45, 7) is 0. The van der Waals surface area contributed by atoms with E-state index in [9.17, 15) is 14.7 Å². The van der Waals surface area contributed by atoms with Crippen LogP contribution in [0, 0.1) is 0 Å². The first kappa shape index (κ1) is 18.3. The lowest BCUT2D eigenvalue weighted by molar-refractivity contribution is -0.138. The Labute approximate surface area is 157 Å². The second kappa shape index (κ2) is 7.79. The molecule has 0 unspecified atom stereocenters. The van der Waals surface area contributed by atoms with Gasteiger partial charge in [0.25, 0.3) is 5.91 Å². The van der Waals surface area contributed by atoms with Crippen LogP contribution in [0.2, 0.25) is 5.02 Å². The van der Waals surface area contributed by atoms with Crippen LogP contribution in [-0.4, -0.2) is 35.0 Å². The fourth-order valence-electron chi connectivity index (χ4n) is 3.55. The number of likely N-dealkylation sites (tertiary alicyclic amines) is 1. The highest BCUT2D eigenvalue weighted by Crippen LogP contribution is 2.41. The fraction of sp³-hybridized carbons (Fsp3) is 0.300. The molecule has 3 rings (SSSR count). The molecule has 6 heteroatoms. The third-order valence-electron chi connectivity index (χ3n) is 4.73. The molecule has 0 aromatic heterocycles. The predicted octanol–water partition coefficient (Wildman–Crippen LogP) is 4.17. The van der Waals surface area contributed by atoms with E-state index < -0.39 is 5.97 Å². The molecule has 2 aromatic carbocycles. The van der Waals surface area contributed by atoms with Crippen molar-refractivity contribution in [3.05, 3.63) is 64.7 Å². The number of ether oxygens (including phenoxy) is 1. The number of aliphatic carboxylic acids is 1. The largest absolute Gasteiger partial charge is 0.497 e. The normalized spacial score (nSPS) is 19.4. The number of benzene rings is 2. The van der Waals surface area contributed by atoms with Gasteiger partial charge in [-0.2, -0.15) is 0 Å². The van der Waals surface area contributed by atoms with Gasteiger partial charge in [-0.15, -0.1) is 0 Å². The first-order valence-electron chi connectivity index (χ1n) is 8.44. The Hall–Kier alpha value is -2.53. The average molecular weight is 374 g/mol. The number of nitrogens with zero attached hydrogens (tertiary/aromatic N) is 1. The molecule has 0 spiro atoms. The molecule has 1 N–H and O–H groups in total. The lowest BCUT2D eigenvalue weighted by Gasteiger charge is -2.31. The Morgan fingerprint density at radius 2 is 1.96 bits per heavy atom. The Morgan fingerprint density at radius 1 is 1.19 bits per heavy atom. The molecular formula is C20H20ClNO4. The zero-order chi connectivity index (χ0) is 18.7. The number of hydrogen-bond acceptors (Lipinski definition) is 3. The van der Waals surface area contributed by atoms with Crippen LogP contribution in [0.15, 0.2) is 48.5 Å². The molecule has 1 heterocycles. The number of carboxylic acids is 1. The molecule has 1 fully saturated rings. The molecule has 0 saturated carbocycles. The van der Waals surface area contributed by atoms with Crippen LogP contribution in [0.1, 0.15) is 41.2 Å². The second-order valence-electron chi connectivity index (χ2n) is 6.31. The Balaban J connectivity index is 1.99. The molecule has 136 valence electrons. The molecular weight excluding hydrogens is 354 g/mol. The first-order valence-corrected chi connectivity index (χ1v) is 8.82. The van der Waals surface area contributed by atoms with E-state index in [-0.39, 0.29) is 24.4 Å². The molecule has 1 aliphatic heterocycles. The van der Waals surface area contributed by atoms with Crippen LogP contribution in [0.25, 0.3) is 0 Å². The van der Waals surface area contributed by atoms with Crippen molar-refractivity contribution < 1.29 is 19.4 Å². The Bertz CT molecular complexity index is 823. The van der Waals surface area contributed by atoms with Crippen molar-refractivity contribution in [2.24, 2.45) is 0 Å². The summed E-state index contributed by atoms with van der Waals surface area (Å²) in [6.07, 6.45) is 1.21. The van der Waals surface area contributed by atoms with Crippen molar-refractivity contribution in [3.8, 4) is 5.75 Å². The van der Waals surface area contributed by atoms with E-state index in [1.807, 2.05) is 18.2 Å². The summed E-state index contributed by atoms with van der Waals surface area (Å²) in [5.74, 6) is -0.546. The molecule has 5 nitrogen and oxygen atoms in total. The van der Waals surface area contributed by atoms with Crippen molar-refractivity contribution >= 4 is 23.5 Å². The summed E-state index contributed by atoms with van der Waals surface area (Å²) in [5.41, 5.74) is 1.32. The smallest absolute Gasteiger partial charge is 0.305 e. The van der Waals surface area contributed by atoms with Gasteiger partial charge < -0.3 is 14.7 Å². The third-order valence-corrected chi connectivity index (χ3v) is 5.07. The fourth-order valence-corrected chi connectivity index (χ4v) is 3.81. The van der Waals surface area contributed by atoms with Gasteiger partial charge in [0.15, 0.2) is 0 Å². The van der Waals surface area contributed by atoms with E-state index >= 15 is 0 Å². The monoisotopic (exact) mass is 373 g/mol. The maximum absolute atomic E-state index is 13.2. The lowest BCUT2D eigenvalue weighted by Crippen LogP contribution is -2.38. The summed E-state index contributed by atoms with van der Waals surface area (Å²) in [6, 6.07) is 13.7. The highest BCUT2D eigenvalue weighted by atomic mass is 35.5. The predicted molar refractivity (Wildman–Crippen MR) is 98.6 cm³/mol.